The highest BCUT2D eigenvalue weighted by Gasteiger charge is 2.14. The van der Waals surface area contributed by atoms with E-state index in [4.69, 9.17) is 16.7 Å². The SMILES string of the molecule is CC(C)CNCc1cc(Cl)ccc1N(CCCO)C(C)C. The fourth-order valence-electron chi connectivity index (χ4n) is 2.37. The molecule has 0 unspecified atom stereocenters. The number of nitrogens with one attached hydrogen (secondary N) is 1. The van der Waals surface area contributed by atoms with Crippen LogP contribution < -0.4 is 10.2 Å². The number of hydrogen-bond donors (Lipinski definition) is 2. The zero-order valence-electron chi connectivity index (χ0n) is 13.7. The van der Waals surface area contributed by atoms with Crippen LogP contribution in [-0.2, 0) is 6.54 Å². The van der Waals surface area contributed by atoms with Crippen molar-refractivity contribution < 1.29 is 5.11 Å². The van der Waals surface area contributed by atoms with Gasteiger partial charge in [0.05, 0.1) is 0 Å². The van der Waals surface area contributed by atoms with E-state index in [0.717, 1.165) is 31.1 Å². The van der Waals surface area contributed by atoms with Gasteiger partial charge >= 0.3 is 0 Å². The third-order valence-electron chi connectivity index (χ3n) is 3.40. The number of benzene rings is 1. The van der Waals surface area contributed by atoms with Crippen molar-refractivity contribution in [1.29, 1.82) is 0 Å². The van der Waals surface area contributed by atoms with Crippen molar-refractivity contribution in [3.05, 3.63) is 28.8 Å². The molecule has 1 aromatic carbocycles. The van der Waals surface area contributed by atoms with Gasteiger partial charge in [-0.15, -0.1) is 0 Å². The van der Waals surface area contributed by atoms with Crippen LogP contribution in [0.25, 0.3) is 0 Å². The molecule has 1 aromatic rings. The first-order chi connectivity index (χ1) is 9.95. The zero-order valence-corrected chi connectivity index (χ0v) is 14.5. The van der Waals surface area contributed by atoms with Crippen LogP contribution in [0.4, 0.5) is 5.69 Å². The third kappa shape index (κ3) is 6.25. The van der Waals surface area contributed by atoms with E-state index in [9.17, 15) is 0 Å². The van der Waals surface area contributed by atoms with Gasteiger partial charge in [0, 0.05) is 36.4 Å². The molecule has 0 saturated carbocycles. The summed E-state index contributed by atoms with van der Waals surface area (Å²) in [4.78, 5) is 2.33. The van der Waals surface area contributed by atoms with Crippen LogP contribution in [0, 0.1) is 5.92 Å². The lowest BCUT2D eigenvalue weighted by Crippen LogP contribution is -2.33. The van der Waals surface area contributed by atoms with Crippen molar-refractivity contribution in [3.63, 3.8) is 0 Å². The molecule has 0 bridgehead atoms. The summed E-state index contributed by atoms with van der Waals surface area (Å²) in [7, 11) is 0. The summed E-state index contributed by atoms with van der Waals surface area (Å²) in [6.45, 7) is 11.6. The van der Waals surface area contributed by atoms with Crippen LogP contribution in [0.2, 0.25) is 5.02 Å². The maximum absolute atomic E-state index is 9.10. The molecule has 0 amide bonds. The maximum Gasteiger partial charge on any atom is 0.0447 e. The Morgan fingerprint density at radius 2 is 1.95 bits per heavy atom. The van der Waals surface area contributed by atoms with Gasteiger partial charge in [0.25, 0.3) is 0 Å². The minimum atomic E-state index is 0.220. The van der Waals surface area contributed by atoms with E-state index >= 15 is 0 Å². The maximum atomic E-state index is 9.10. The lowest BCUT2D eigenvalue weighted by molar-refractivity contribution is 0.288. The molecule has 0 atom stereocenters. The van der Waals surface area contributed by atoms with E-state index in [2.05, 4.69) is 44.0 Å². The molecule has 0 heterocycles. The van der Waals surface area contributed by atoms with Crippen LogP contribution in [0.15, 0.2) is 18.2 Å². The lowest BCUT2D eigenvalue weighted by Gasteiger charge is -2.31. The van der Waals surface area contributed by atoms with Crippen LogP contribution in [0.3, 0.4) is 0 Å². The Balaban J connectivity index is 2.91. The summed E-state index contributed by atoms with van der Waals surface area (Å²) in [6.07, 6.45) is 0.777. The molecule has 0 aliphatic heterocycles. The quantitative estimate of drug-likeness (QED) is 0.730. The van der Waals surface area contributed by atoms with Crippen molar-refractivity contribution in [1.82, 2.24) is 5.32 Å². The molecule has 0 fully saturated rings. The average molecular weight is 313 g/mol. The highest BCUT2D eigenvalue weighted by molar-refractivity contribution is 6.30. The molecule has 0 aliphatic carbocycles. The summed E-state index contributed by atoms with van der Waals surface area (Å²) in [6, 6.07) is 6.46. The second-order valence-electron chi connectivity index (χ2n) is 6.16. The molecule has 4 heteroatoms. The van der Waals surface area contributed by atoms with Gasteiger partial charge in [-0.1, -0.05) is 25.4 Å². The topological polar surface area (TPSA) is 35.5 Å². The van der Waals surface area contributed by atoms with Crippen molar-refractivity contribution in [2.24, 2.45) is 5.92 Å². The smallest absolute Gasteiger partial charge is 0.0447 e. The van der Waals surface area contributed by atoms with E-state index in [1.165, 1.54) is 11.3 Å². The van der Waals surface area contributed by atoms with Gasteiger partial charge in [0.2, 0.25) is 0 Å². The lowest BCUT2D eigenvalue weighted by atomic mass is 10.1. The predicted octanol–water partition coefficient (Wildman–Crippen LogP) is 3.68. The van der Waals surface area contributed by atoms with Gasteiger partial charge in [-0.3, -0.25) is 0 Å². The molecular formula is C17H29ClN2O. The summed E-state index contributed by atoms with van der Waals surface area (Å²) in [5.41, 5.74) is 2.42. The minimum Gasteiger partial charge on any atom is -0.396 e. The van der Waals surface area contributed by atoms with Gasteiger partial charge in [-0.2, -0.15) is 0 Å². The number of aliphatic hydroxyl groups excluding tert-OH is 1. The normalized spacial score (nSPS) is 11.4. The number of hydrogen-bond acceptors (Lipinski definition) is 3. The Labute approximate surface area is 134 Å². The molecule has 0 aliphatic rings. The predicted molar refractivity (Wildman–Crippen MR) is 92.2 cm³/mol. The standard InChI is InChI=1S/C17H29ClN2O/c1-13(2)11-19-12-15-10-16(18)6-7-17(15)20(14(3)4)8-5-9-21/h6-7,10,13-14,19,21H,5,8-9,11-12H2,1-4H3. The molecule has 1 rings (SSSR count). The number of nitrogens with zero attached hydrogens (tertiary/aromatic N) is 1. The summed E-state index contributed by atoms with van der Waals surface area (Å²) < 4.78 is 0. The molecule has 0 radical (unpaired) electrons. The van der Waals surface area contributed by atoms with Crippen molar-refractivity contribution in [3.8, 4) is 0 Å². The van der Waals surface area contributed by atoms with Crippen LogP contribution >= 0.6 is 11.6 Å². The molecular weight excluding hydrogens is 284 g/mol. The van der Waals surface area contributed by atoms with Crippen LogP contribution in [-0.4, -0.2) is 30.8 Å². The first-order valence-corrected chi connectivity index (χ1v) is 8.20. The van der Waals surface area contributed by atoms with Crippen LogP contribution in [0.1, 0.15) is 39.7 Å². The first-order valence-electron chi connectivity index (χ1n) is 7.82. The molecule has 0 aromatic heterocycles. The molecule has 120 valence electrons. The molecule has 0 saturated heterocycles. The van der Waals surface area contributed by atoms with E-state index in [-0.39, 0.29) is 6.61 Å². The van der Waals surface area contributed by atoms with Gasteiger partial charge < -0.3 is 15.3 Å². The Bertz CT molecular complexity index is 421. The highest BCUT2D eigenvalue weighted by atomic mass is 35.5. The second-order valence-corrected chi connectivity index (χ2v) is 6.60. The number of anilines is 1. The fraction of sp³-hybridized carbons (Fsp3) is 0.647. The highest BCUT2D eigenvalue weighted by Crippen LogP contribution is 2.26. The Kier molecular flexibility index (Phi) is 8.09. The van der Waals surface area contributed by atoms with Crippen LogP contribution in [0.5, 0.6) is 0 Å². The van der Waals surface area contributed by atoms with Crippen molar-refractivity contribution in [2.45, 2.75) is 46.7 Å². The van der Waals surface area contributed by atoms with E-state index in [1.807, 2.05) is 12.1 Å². The summed E-state index contributed by atoms with van der Waals surface area (Å²) >= 11 is 6.16. The summed E-state index contributed by atoms with van der Waals surface area (Å²) in [5.74, 6) is 0.628. The van der Waals surface area contributed by atoms with E-state index in [1.54, 1.807) is 0 Å². The number of halogens is 1. The van der Waals surface area contributed by atoms with E-state index in [0.29, 0.717) is 12.0 Å². The van der Waals surface area contributed by atoms with Gasteiger partial charge in [-0.05, 0) is 56.5 Å². The minimum absolute atomic E-state index is 0.220. The molecule has 3 nitrogen and oxygen atoms in total. The fourth-order valence-corrected chi connectivity index (χ4v) is 2.56. The number of aliphatic hydroxyl groups is 1. The summed E-state index contributed by atoms with van der Waals surface area (Å²) in [5, 5.41) is 13.4. The Hall–Kier alpha value is -0.770. The molecule has 0 spiro atoms. The van der Waals surface area contributed by atoms with E-state index < -0.39 is 0 Å². The first kappa shape index (κ1) is 18.3. The Morgan fingerprint density at radius 3 is 2.52 bits per heavy atom. The molecule has 21 heavy (non-hydrogen) atoms. The van der Waals surface area contributed by atoms with Gasteiger partial charge in [0.1, 0.15) is 0 Å². The zero-order chi connectivity index (χ0) is 15.8. The van der Waals surface area contributed by atoms with Gasteiger partial charge in [-0.25, -0.2) is 0 Å². The number of rotatable bonds is 9. The largest absolute Gasteiger partial charge is 0.396 e. The van der Waals surface area contributed by atoms with Crippen molar-refractivity contribution >= 4 is 17.3 Å². The average Bonchev–Trinajstić information content (AvgIpc) is 2.40. The molecule has 2 N–H and O–H groups in total. The monoisotopic (exact) mass is 312 g/mol. The van der Waals surface area contributed by atoms with Crippen molar-refractivity contribution in [2.75, 3.05) is 24.6 Å². The van der Waals surface area contributed by atoms with Gasteiger partial charge in [0.15, 0.2) is 0 Å². The second kappa shape index (κ2) is 9.29. The third-order valence-corrected chi connectivity index (χ3v) is 3.63. The Morgan fingerprint density at radius 1 is 1.24 bits per heavy atom.